The highest BCUT2D eigenvalue weighted by Gasteiger charge is 2.07. The van der Waals surface area contributed by atoms with Crippen molar-refractivity contribution < 1.29 is 4.79 Å². The van der Waals surface area contributed by atoms with Gasteiger partial charge in [-0.25, -0.2) is 0 Å². The van der Waals surface area contributed by atoms with Gasteiger partial charge in [-0.15, -0.1) is 0 Å². The van der Waals surface area contributed by atoms with Crippen molar-refractivity contribution >= 4 is 5.91 Å². The third kappa shape index (κ3) is 3.33. The lowest BCUT2D eigenvalue weighted by Gasteiger charge is -1.97. The number of nitrogens with zero attached hydrogens (tertiary/aromatic N) is 2. The number of amides is 1. The highest BCUT2D eigenvalue weighted by atomic mass is 16.1. The monoisotopic (exact) mass is 234 g/mol. The minimum absolute atomic E-state index is 0.00645. The summed E-state index contributed by atoms with van der Waals surface area (Å²) in [4.78, 5) is 10.9. The summed E-state index contributed by atoms with van der Waals surface area (Å²) >= 11 is 0. The van der Waals surface area contributed by atoms with Crippen LogP contribution in [0.25, 0.3) is 0 Å². The molecular formula is C12H18N4O. The van der Waals surface area contributed by atoms with Crippen LogP contribution in [0.3, 0.4) is 0 Å². The van der Waals surface area contributed by atoms with E-state index in [2.05, 4.69) is 22.3 Å². The zero-order valence-electron chi connectivity index (χ0n) is 10.5. The first kappa shape index (κ1) is 13.3. The number of hydrogen-bond donors (Lipinski definition) is 2. The number of hydrogen-bond acceptors (Lipinski definition) is 3. The van der Waals surface area contributed by atoms with Gasteiger partial charge in [0.25, 0.3) is 0 Å². The molecule has 0 aliphatic heterocycles. The molecule has 5 heteroatoms. The Labute approximate surface area is 101 Å². The summed E-state index contributed by atoms with van der Waals surface area (Å²) in [6, 6.07) is 0. The molecule has 17 heavy (non-hydrogen) atoms. The van der Waals surface area contributed by atoms with Gasteiger partial charge in [-0.2, -0.15) is 5.10 Å². The molecule has 0 atom stereocenters. The number of aromatic nitrogens is 2. The average molecular weight is 234 g/mol. The van der Waals surface area contributed by atoms with Gasteiger partial charge in [0.15, 0.2) is 0 Å². The molecule has 0 saturated carbocycles. The Morgan fingerprint density at radius 1 is 1.53 bits per heavy atom. The molecule has 1 aromatic rings. The van der Waals surface area contributed by atoms with Crippen LogP contribution in [-0.4, -0.2) is 28.8 Å². The van der Waals surface area contributed by atoms with E-state index < -0.39 is 0 Å². The third-order valence-electron chi connectivity index (χ3n) is 2.45. The van der Waals surface area contributed by atoms with Gasteiger partial charge in [0.2, 0.25) is 5.91 Å². The smallest absolute Gasteiger partial charge is 0.234 e. The second-order valence-corrected chi connectivity index (χ2v) is 3.64. The minimum Gasteiger partial charge on any atom is -0.344 e. The second-order valence-electron chi connectivity index (χ2n) is 3.64. The quantitative estimate of drug-likeness (QED) is 0.720. The summed E-state index contributed by atoms with van der Waals surface area (Å²) in [5.74, 6) is 5.72. The molecule has 0 aliphatic carbocycles. The third-order valence-corrected chi connectivity index (χ3v) is 2.45. The molecule has 1 aromatic heterocycles. The van der Waals surface area contributed by atoms with Crippen molar-refractivity contribution in [1.29, 1.82) is 0 Å². The fraction of sp³-hybridized carbons (Fsp3) is 0.500. The van der Waals surface area contributed by atoms with Crippen LogP contribution in [0, 0.1) is 25.7 Å². The molecule has 92 valence electrons. The summed E-state index contributed by atoms with van der Waals surface area (Å²) in [7, 11) is 0. The van der Waals surface area contributed by atoms with Crippen molar-refractivity contribution in [2.75, 3.05) is 13.1 Å². The lowest BCUT2D eigenvalue weighted by Crippen LogP contribution is -2.30. The van der Waals surface area contributed by atoms with E-state index in [0.29, 0.717) is 6.54 Å². The lowest BCUT2D eigenvalue weighted by molar-refractivity contribution is -0.119. The maximum Gasteiger partial charge on any atom is 0.234 e. The van der Waals surface area contributed by atoms with Crippen LogP contribution in [0.1, 0.15) is 23.9 Å². The topological polar surface area (TPSA) is 72.9 Å². The molecule has 1 amide bonds. The van der Waals surface area contributed by atoms with E-state index in [-0.39, 0.29) is 12.5 Å². The van der Waals surface area contributed by atoms with Gasteiger partial charge in [0.05, 0.1) is 30.0 Å². The fourth-order valence-electron chi connectivity index (χ4n) is 1.53. The number of rotatable bonds is 3. The summed E-state index contributed by atoms with van der Waals surface area (Å²) in [5.41, 5.74) is 8.08. The molecule has 0 aromatic carbocycles. The Morgan fingerprint density at radius 3 is 2.76 bits per heavy atom. The van der Waals surface area contributed by atoms with E-state index in [0.717, 1.165) is 23.5 Å². The van der Waals surface area contributed by atoms with Gasteiger partial charge in [0.1, 0.15) is 0 Å². The Hall–Kier alpha value is -1.80. The van der Waals surface area contributed by atoms with E-state index in [1.165, 1.54) is 0 Å². The van der Waals surface area contributed by atoms with Gasteiger partial charge in [-0.1, -0.05) is 11.8 Å². The summed E-state index contributed by atoms with van der Waals surface area (Å²) in [6.07, 6.45) is 0. The number of carbonyl (C=O) groups is 1. The first-order chi connectivity index (χ1) is 8.10. The Balaban J connectivity index is 2.72. The number of aryl methyl sites for hydroxylation is 2. The zero-order valence-corrected chi connectivity index (χ0v) is 10.5. The van der Waals surface area contributed by atoms with Crippen molar-refractivity contribution in [3.63, 3.8) is 0 Å². The van der Waals surface area contributed by atoms with E-state index in [4.69, 9.17) is 5.73 Å². The standard InChI is InChI=1S/C12H18N4O/c1-4-16-10(3)11(9(2)15-16)6-5-7-14-12(17)8-13/h4,7-8,13H2,1-3H3,(H,14,17). The normalized spacial score (nSPS) is 9.65. The van der Waals surface area contributed by atoms with Crippen LogP contribution in [0.4, 0.5) is 0 Å². The van der Waals surface area contributed by atoms with E-state index >= 15 is 0 Å². The molecule has 5 nitrogen and oxygen atoms in total. The molecule has 0 bridgehead atoms. The van der Waals surface area contributed by atoms with Gasteiger partial charge in [-0.05, 0) is 20.8 Å². The maximum absolute atomic E-state index is 10.9. The highest BCUT2D eigenvalue weighted by Crippen LogP contribution is 2.10. The molecule has 0 fully saturated rings. The largest absolute Gasteiger partial charge is 0.344 e. The Kier molecular flexibility index (Phi) is 4.73. The van der Waals surface area contributed by atoms with Crippen LogP contribution < -0.4 is 11.1 Å². The van der Waals surface area contributed by atoms with Gasteiger partial charge >= 0.3 is 0 Å². The van der Waals surface area contributed by atoms with Gasteiger partial charge in [0, 0.05) is 6.54 Å². The van der Waals surface area contributed by atoms with Crippen molar-refractivity contribution in [2.45, 2.75) is 27.3 Å². The molecule has 3 N–H and O–H groups in total. The molecule has 0 saturated heterocycles. The van der Waals surface area contributed by atoms with Crippen molar-refractivity contribution in [3.8, 4) is 11.8 Å². The first-order valence-corrected chi connectivity index (χ1v) is 5.59. The Bertz CT molecular complexity index is 465. The molecule has 0 spiro atoms. The Morgan fingerprint density at radius 2 is 2.24 bits per heavy atom. The van der Waals surface area contributed by atoms with Crippen molar-refractivity contribution in [1.82, 2.24) is 15.1 Å². The van der Waals surface area contributed by atoms with Crippen molar-refractivity contribution in [2.24, 2.45) is 5.73 Å². The molecule has 0 radical (unpaired) electrons. The molecule has 1 heterocycles. The fourth-order valence-corrected chi connectivity index (χ4v) is 1.53. The number of carbonyl (C=O) groups excluding carboxylic acids is 1. The average Bonchev–Trinajstić information content (AvgIpc) is 2.60. The number of nitrogens with one attached hydrogen (secondary N) is 1. The number of nitrogens with two attached hydrogens (primary N) is 1. The van der Waals surface area contributed by atoms with Crippen LogP contribution >= 0.6 is 0 Å². The van der Waals surface area contributed by atoms with Gasteiger partial charge < -0.3 is 11.1 Å². The predicted molar refractivity (Wildman–Crippen MR) is 66.3 cm³/mol. The van der Waals surface area contributed by atoms with Crippen LogP contribution in [-0.2, 0) is 11.3 Å². The second kappa shape index (κ2) is 6.06. The van der Waals surface area contributed by atoms with Crippen LogP contribution in [0.2, 0.25) is 0 Å². The van der Waals surface area contributed by atoms with Crippen LogP contribution in [0.15, 0.2) is 0 Å². The summed E-state index contributed by atoms with van der Waals surface area (Å²) < 4.78 is 1.91. The summed E-state index contributed by atoms with van der Waals surface area (Å²) in [5, 5.41) is 6.96. The van der Waals surface area contributed by atoms with E-state index in [1.54, 1.807) is 0 Å². The summed E-state index contributed by atoms with van der Waals surface area (Å²) in [6.45, 7) is 7.10. The molecule has 0 aliphatic rings. The van der Waals surface area contributed by atoms with Gasteiger partial charge in [-0.3, -0.25) is 9.48 Å². The molecular weight excluding hydrogens is 216 g/mol. The van der Waals surface area contributed by atoms with E-state index in [1.807, 2.05) is 25.5 Å². The molecule has 0 unspecified atom stereocenters. The maximum atomic E-state index is 10.9. The molecule has 1 rings (SSSR count). The predicted octanol–water partition coefficient (Wildman–Crippen LogP) is -0.0538. The van der Waals surface area contributed by atoms with Crippen molar-refractivity contribution in [3.05, 3.63) is 17.0 Å². The van der Waals surface area contributed by atoms with Crippen LogP contribution in [0.5, 0.6) is 0 Å². The SMILES string of the molecule is CCn1nc(C)c(C#CCNC(=O)CN)c1C. The zero-order chi connectivity index (χ0) is 12.8. The minimum atomic E-state index is -0.197. The van der Waals surface area contributed by atoms with E-state index in [9.17, 15) is 4.79 Å². The highest BCUT2D eigenvalue weighted by molar-refractivity contribution is 5.77. The lowest BCUT2D eigenvalue weighted by atomic mass is 10.2. The first-order valence-electron chi connectivity index (χ1n) is 5.59.